The molecule has 4 nitrogen and oxygen atoms in total. The van der Waals surface area contributed by atoms with Gasteiger partial charge in [-0.25, -0.2) is 0 Å². The van der Waals surface area contributed by atoms with Gasteiger partial charge in [-0.3, -0.25) is 9.48 Å². The van der Waals surface area contributed by atoms with Gasteiger partial charge in [0.25, 0.3) is 5.91 Å². The summed E-state index contributed by atoms with van der Waals surface area (Å²) < 4.78 is 1.81. The predicted molar refractivity (Wildman–Crippen MR) is 79.7 cm³/mol. The number of carbonyl (C=O) groups excluding carboxylic acids is 1. The van der Waals surface area contributed by atoms with Crippen LogP contribution < -0.4 is 5.32 Å². The first-order chi connectivity index (χ1) is 9.40. The van der Waals surface area contributed by atoms with E-state index in [9.17, 15) is 4.79 Å². The Kier molecular flexibility index (Phi) is 3.93. The number of hydrogen-bond acceptors (Lipinski definition) is 2. The van der Waals surface area contributed by atoms with Crippen molar-refractivity contribution in [3.63, 3.8) is 0 Å². The number of nitrogens with zero attached hydrogens (tertiary/aromatic N) is 2. The van der Waals surface area contributed by atoms with Crippen molar-refractivity contribution in [3.05, 3.63) is 52.3 Å². The summed E-state index contributed by atoms with van der Waals surface area (Å²) in [6.45, 7) is 8.03. The smallest absolute Gasteiger partial charge is 0.251 e. The summed E-state index contributed by atoms with van der Waals surface area (Å²) >= 11 is 0. The molecule has 106 valence electrons. The fourth-order valence-electron chi connectivity index (χ4n) is 2.18. The van der Waals surface area contributed by atoms with Gasteiger partial charge in [0.2, 0.25) is 0 Å². The average Bonchev–Trinajstić information content (AvgIpc) is 2.73. The first kappa shape index (κ1) is 14.3. The quantitative estimate of drug-likeness (QED) is 0.933. The van der Waals surface area contributed by atoms with Gasteiger partial charge in [0.1, 0.15) is 0 Å². The monoisotopic (exact) mass is 271 g/mol. The van der Waals surface area contributed by atoms with Crippen LogP contribution in [0.5, 0.6) is 0 Å². The van der Waals surface area contributed by atoms with Gasteiger partial charge in [-0.2, -0.15) is 5.10 Å². The maximum Gasteiger partial charge on any atom is 0.251 e. The van der Waals surface area contributed by atoms with Gasteiger partial charge in [0.05, 0.1) is 12.2 Å². The number of benzene rings is 1. The van der Waals surface area contributed by atoms with Crippen molar-refractivity contribution in [1.29, 1.82) is 0 Å². The largest absolute Gasteiger partial charge is 0.345 e. The molecule has 20 heavy (non-hydrogen) atoms. The van der Waals surface area contributed by atoms with Gasteiger partial charge in [0.15, 0.2) is 0 Å². The number of rotatable bonds is 3. The van der Waals surface area contributed by atoms with E-state index >= 15 is 0 Å². The van der Waals surface area contributed by atoms with Gasteiger partial charge in [-0.15, -0.1) is 0 Å². The average molecular weight is 271 g/mol. The highest BCUT2D eigenvalue weighted by atomic mass is 16.1. The van der Waals surface area contributed by atoms with E-state index in [1.54, 1.807) is 6.20 Å². The number of aryl methyl sites for hydroxylation is 3. The molecule has 0 aliphatic carbocycles. The summed E-state index contributed by atoms with van der Waals surface area (Å²) in [5.41, 5.74) is 5.13. The minimum absolute atomic E-state index is 0.0520. The van der Waals surface area contributed by atoms with E-state index in [-0.39, 0.29) is 11.9 Å². The number of hydrogen-bond donors (Lipinski definition) is 1. The minimum atomic E-state index is -0.0576. The maximum atomic E-state index is 12.3. The molecule has 0 aliphatic rings. The van der Waals surface area contributed by atoms with Crippen molar-refractivity contribution < 1.29 is 4.79 Å². The van der Waals surface area contributed by atoms with Crippen LogP contribution in [0.15, 0.2) is 24.4 Å². The molecule has 1 aromatic heterocycles. The fourth-order valence-corrected chi connectivity index (χ4v) is 2.18. The van der Waals surface area contributed by atoms with Crippen LogP contribution in [0, 0.1) is 20.8 Å². The van der Waals surface area contributed by atoms with Gasteiger partial charge in [-0.1, -0.05) is 6.07 Å². The topological polar surface area (TPSA) is 46.9 Å². The molecule has 1 N–H and O–H groups in total. The molecule has 0 saturated heterocycles. The van der Waals surface area contributed by atoms with Crippen LogP contribution in [0.2, 0.25) is 0 Å². The van der Waals surface area contributed by atoms with E-state index in [2.05, 4.69) is 10.4 Å². The molecule has 1 unspecified atom stereocenters. The molecule has 1 heterocycles. The fraction of sp³-hybridized carbons (Fsp3) is 0.375. The van der Waals surface area contributed by atoms with Crippen molar-refractivity contribution in [3.8, 4) is 0 Å². The second kappa shape index (κ2) is 5.49. The molecule has 0 radical (unpaired) electrons. The summed E-state index contributed by atoms with van der Waals surface area (Å²) in [5, 5.41) is 7.23. The van der Waals surface area contributed by atoms with E-state index in [4.69, 9.17) is 0 Å². The molecular formula is C16H21N3O. The Labute approximate surface area is 119 Å². The molecular weight excluding hydrogens is 250 g/mol. The highest BCUT2D eigenvalue weighted by Gasteiger charge is 2.15. The SMILES string of the molecule is Cc1ccc(C(=O)NC(C)c2cnn(C)c2C)cc1C. The van der Waals surface area contributed by atoms with Crippen LogP contribution >= 0.6 is 0 Å². The van der Waals surface area contributed by atoms with Gasteiger partial charge in [-0.05, 0) is 51.0 Å². The van der Waals surface area contributed by atoms with E-state index in [1.165, 1.54) is 5.56 Å². The third-order valence-corrected chi connectivity index (χ3v) is 3.86. The van der Waals surface area contributed by atoms with E-state index < -0.39 is 0 Å². The lowest BCUT2D eigenvalue weighted by atomic mass is 10.0. The van der Waals surface area contributed by atoms with Crippen molar-refractivity contribution in [2.75, 3.05) is 0 Å². The molecule has 0 aliphatic heterocycles. The lowest BCUT2D eigenvalue weighted by Gasteiger charge is -2.14. The van der Waals surface area contributed by atoms with Crippen LogP contribution in [0.3, 0.4) is 0 Å². The Hall–Kier alpha value is -2.10. The predicted octanol–water partition coefficient (Wildman–Crippen LogP) is 2.84. The molecule has 0 spiro atoms. The van der Waals surface area contributed by atoms with E-state index in [1.807, 2.05) is 57.6 Å². The molecule has 0 saturated carbocycles. The molecule has 2 aromatic rings. The van der Waals surface area contributed by atoms with Crippen LogP contribution in [0.1, 0.15) is 45.7 Å². The second-order valence-corrected chi connectivity index (χ2v) is 5.30. The van der Waals surface area contributed by atoms with Crippen LogP contribution in [0.4, 0.5) is 0 Å². The normalized spacial score (nSPS) is 12.2. The zero-order valence-electron chi connectivity index (χ0n) is 12.7. The Balaban J connectivity index is 2.15. The molecule has 0 fully saturated rings. The first-order valence-corrected chi connectivity index (χ1v) is 6.76. The van der Waals surface area contributed by atoms with E-state index in [0.717, 1.165) is 16.8 Å². The van der Waals surface area contributed by atoms with Crippen molar-refractivity contribution in [2.45, 2.75) is 33.7 Å². The highest BCUT2D eigenvalue weighted by molar-refractivity contribution is 5.94. The summed E-state index contributed by atoms with van der Waals surface area (Å²) in [6.07, 6.45) is 1.81. The standard InChI is InChI=1S/C16H21N3O/c1-10-6-7-14(8-11(10)2)16(20)18-12(3)15-9-17-19(5)13(15)4/h6-9,12H,1-5H3,(H,18,20). The Morgan fingerprint density at radius 1 is 1.25 bits per heavy atom. The third kappa shape index (κ3) is 2.74. The Morgan fingerprint density at radius 2 is 1.95 bits per heavy atom. The number of amides is 1. The summed E-state index contributed by atoms with van der Waals surface area (Å²) in [4.78, 5) is 12.3. The van der Waals surface area contributed by atoms with Crippen molar-refractivity contribution >= 4 is 5.91 Å². The van der Waals surface area contributed by atoms with Crippen molar-refractivity contribution in [2.24, 2.45) is 7.05 Å². The molecule has 2 rings (SSSR count). The zero-order valence-corrected chi connectivity index (χ0v) is 12.7. The van der Waals surface area contributed by atoms with Gasteiger partial charge >= 0.3 is 0 Å². The Morgan fingerprint density at radius 3 is 2.50 bits per heavy atom. The highest BCUT2D eigenvalue weighted by Crippen LogP contribution is 2.17. The van der Waals surface area contributed by atoms with E-state index in [0.29, 0.717) is 5.56 Å². The Bertz CT molecular complexity index is 643. The number of carbonyl (C=O) groups is 1. The summed E-state index contributed by atoms with van der Waals surface area (Å²) in [5.74, 6) is -0.0520. The zero-order chi connectivity index (χ0) is 14.9. The third-order valence-electron chi connectivity index (χ3n) is 3.86. The van der Waals surface area contributed by atoms with Gasteiger partial charge in [0, 0.05) is 23.9 Å². The summed E-state index contributed by atoms with van der Waals surface area (Å²) in [6, 6.07) is 5.70. The molecule has 1 aromatic carbocycles. The lowest BCUT2D eigenvalue weighted by molar-refractivity contribution is 0.0939. The lowest BCUT2D eigenvalue weighted by Crippen LogP contribution is -2.27. The first-order valence-electron chi connectivity index (χ1n) is 6.76. The van der Waals surface area contributed by atoms with Gasteiger partial charge < -0.3 is 5.32 Å². The molecule has 0 bridgehead atoms. The number of aromatic nitrogens is 2. The maximum absolute atomic E-state index is 12.3. The van der Waals surface area contributed by atoms with Crippen LogP contribution in [-0.2, 0) is 7.05 Å². The minimum Gasteiger partial charge on any atom is -0.345 e. The van der Waals surface area contributed by atoms with Crippen molar-refractivity contribution in [1.82, 2.24) is 15.1 Å². The molecule has 1 amide bonds. The summed E-state index contributed by atoms with van der Waals surface area (Å²) in [7, 11) is 1.90. The molecule has 1 atom stereocenters. The number of nitrogens with one attached hydrogen (secondary N) is 1. The molecule has 4 heteroatoms. The van der Waals surface area contributed by atoms with Crippen LogP contribution in [-0.4, -0.2) is 15.7 Å². The second-order valence-electron chi connectivity index (χ2n) is 5.30. The van der Waals surface area contributed by atoms with Crippen LogP contribution in [0.25, 0.3) is 0 Å².